The van der Waals surface area contributed by atoms with Crippen molar-refractivity contribution in [3.8, 4) is 0 Å². The number of urea groups is 1. The van der Waals surface area contributed by atoms with E-state index < -0.39 is 5.54 Å². The van der Waals surface area contributed by atoms with Crippen molar-refractivity contribution in [2.24, 2.45) is 5.73 Å². The average molecular weight is 370 g/mol. The first-order valence-electron chi connectivity index (χ1n) is 7.93. The molecular formula is C16H21ClFN5O2. The van der Waals surface area contributed by atoms with Crippen LogP contribution >= 0.6 is 12.4 Å². The summed E-state index contributed by atoms with van der Waals surface area (Å²) in [4.78, 5) is 16.0. The number of nitrogens with one attached hydrogen (secondary N) is 2. The molecule has 1 aromatic heterocycles. The zero-order valence-electron chi connectivity index (χ0n) is 13.6. The molecule has 25 heavy (non-hydrogen) atoms. The highest BCUT2D eigenvalue weighted by molar-refractivity contribution is 5.85. The van der Waals surface area contributed by atoms with Crippen LogP contribution in [-0.4, -0.2) is 16.2 Å². The van der Waals surface area contributed by atoms with Crippen molar-refractivity contribution in [3.05, 3.63) is 47.4 Å². The minimum Gasteiger partial charge on any atom is -0.337 e. The number of amides is 2. The fourth-order valence-electron chi connectivity index (χ4n) is 2.76. The highest BCUT2D eigenvalue weighted by Crippen LogP contribution is 2.34. The molecule has 1 fully saturated rings. The molecule has 7 nitrogen and oxygen atoms in total. The van der Waals surface area contributed by atoms with Crippen LogP contribution in [0.1, 0.15) is 43.0 Å². The van der Waals surface area contributed by atoms with Crippen molar-refractivity contribution in [1.82, 2.24) is 20.8 Å². The van der Waals surface area contributed by atoms with Crippen LogP contribution in [0.2, 0.25) is 0 Å². The average Bonchev–Trinajstić information content (AvgIpc) is 3.22. The molecule has 1 heterocycles. The summed E-state index contributed by atoms with van der Waals surface area (Å²) >= 11 is 0. The minimum atomic E-state index is -0.507. The van der Waals surface area contributed by atoms with Gasteiger partial charge in [-0.25, -0.2) is 9.18 Å². The molecule has 2 aromatic rings. The summed E-state index contributed by atoms with van der Waals surface area (Å²) in [5, 5.41) is 9.24. The second-order valence-electron chi connectivity index (χ2n) is 6.04. The minimum absolute atomic E-state index is 0. The van der Waals surface area contributed by atoms with E-state index in [-0.39, 0.29) is 30.8 Å². The number of carbonyl (C=O) groups is 1. The van der Waals surface area contributed by atoms with E-state index in [1.54, 1.807) is 12.1 Å². The van der Waals surface area contributed by atoms with E-state index in [2.05, 4.69) is 20.8 Å². The standard InChI is InChI=1S/C16H20FN5O2.ClH/c17-12-5-3-11(4-6-12)9-19-15(23)20-10-13-21-14(22-24-13)16(18)7-1-2-8-16;/h3-6H,1-2,7-10,18H2,(H2,19,20,23);1H. The number of nitrogens with two attached hydrogens (primary N) is 1. The lowest BCUT2D eigenvalue weighted by molar-refractivity contribution is 0.238. The Balaban J connectivity index is 0.00000225. The number of nitrogens with zero attached hydrogens (tertiary/aromatic N) is 2. The van der Waals surface area contributed by atoms with Crippen LogP contribution in [0.25, 0.3) is 0 Å². The summed E-state index contributed by atoms with van der Waals surface area (Å²) in [6.07, 6.45) is 3.81. The van der Waals surface area contributed by atoms with E-state index in [1.807, 2.05) is 0 Å². The lowest BCUT2D eigenvalue weighted by Gasteiger charge is -2.17. The van der Waals surface area contributed by atoms with Crippen LogP contribution in [0.3, 0.4) is 0 Å². The molecule has 136 valence electrons. The molecule has 0 aliphatic heterocycles. The number of aromatic nitrogens is 2. The SMILES string of the molecule is Cl.NC1(c2noc(CNC(=O)NCc3ccc(F)cc3)n2)CCCC1. The van der Waals surface area contributed by atoms with Crippen LogP contribution < -0.4 is 16.4 Å². The number of hydrogen-bond acceptors (Lipinski definition) is 5. The van der Waals surface area contributed by atoms with Gasteiger partial charge in [-0.2, -0.15) is 4.98 Å². The molecule has 0 radical (unpaired) electrons. The summed E-state index contributed by atoms with van der Waals surface area (Å²) in [7, 11) is 0. The molecule has 4 N–H and O–H groups in total. The molecule has 1 aliphatic carbocycles. The van der Waals surface area contributed by atoms with E-state index >= 15 is 0 Å². The van der Waals surface area contributed by atoms with Crippen molar-refractivity contribution < 1.29 is 13.7 Å². The van der Waals surface area contributed by atoms with Crippen LogP contribution in [0.15, 0.2) is 28.8 Å². The van der Waals surface area contributed by atoms with Crippen LogP contribution in [0.5, 0.6) is 0 Å². The van der Waals surface area contributed by atoms with E-state index in [0.29, 0.717) is 18.3 Å². The fourth-order valence-corrected chi connectivity index (χ4v) is 2.76. The van der Waals surface area contributed by atoms with Crippen LogP contribution in [0, 0.1) is 5.82 Å². The van der Waals surface area contributed by atoms with E-state index in [1.165, 1.54) is 12.1 Å². The first-order valence-corrected chi connectivity index (χ1v) is 7.93. The quantitative estimate of drug-likeness (QED) is 0.750. The molecule has 9 heteroatoms. The third kappa shape index (κ3) is 4.90. The Bertz CT molecular complexity index is 701. The maximum atomic E-state index is 12.8. The number of halogens is 2. The molecule has 0 atom stereocenters. The molecule has 3 rings (SSSR count). The number of hydrogen-bond donors (Lipinski definition) is 3. The maximum Gasteiger partial charge on any atom is 0.315 e. The maximum absolute atomic E-state index is 12.8. The molecule has 0 bridgehead atoms. The largest absolute Gasteiger partial charge is 0.337 e. The van der Waals surface area contributed by atoms with Gasteiger partial charge in [-0.1, -0.05) is 30.1 Å². The van der Waals surface area contributed by atoms with Gasteiger partial charge in [0, 0.05) is 6.54 Å². The Morgan fingerprint density at radius 3 is 2.52 bits per heavy atom. The molecule has 1 aliphatic rings. The Morgan fingerprint density at radius 1 is 1.20 bits per heavy atom. The summed E-state index contributed by atoms with van der Waals surface area (Å²) in [5.74, 6) is 0.512. The molecule has 0 spiro atoms. The Labute approximate surface area is 151 Å². The van der Waals surface area contributed by atoms with Crippen molar-refractivity contribution in [3.63, 3.8) is 0 Å². The highest BCUT2D eigenvalue weighted by Gasteiger charge is 2.35. The van der Waals surface area contributed by atoms with Gasteiger partial charge in [-0.15, -0.1) is 12.4 Å². The first kappa shape index (κ1) is 19.1. The van der Waals surface area contributed by atoms with E-state index in [9.17, 15) is 9.18 Å². The number of benzene rings is 1. The van der Waals surface area contributed by atoms with Gasteiger partial charge < -0.3 is 20.9 Å². The molecule has 1 aromatic carbocycles. The first-order chi connectivity index (χ1) is 11.5. The summed E-state index contributed by atoms with van der Waals surface area (Å²) in [6.45, 7) is 0.422. The molecule has 0 saturated heterocycles. The van der Waals surface area contributed by atoms with Gasteiger partial charge >= 0.3 is 6.03 Å². The molecule has 2 amide bonds. The molecular weight excluding hydrogens is 349 g/mol. The van der Waals surface area contributed by atoms with Crippen molar-refractivity contribution in [1.29, 1.82) is 0 Å². The zero-order chi connectivity index (χ0) is 17.0. The van der Waals surface area contributed by atoms with Gasteiger partial charge in [0.1, 0.15) is 5.82 Å². The van der Waals surface area contributed by atoms with Gasteiger partial charge in [-0.05, 0) is 30.5 Å². The summed E-state index contributed by atoms with van der Waals surface area (Å²) in [6, 6.07) is 5.55. The zero-order valence-corrected chi connectivity index (χ0v) is 14.4. The Hall–Kier alpha value is -2.19. The van der Waals surface area contributed by atoms with Crippen molar-refractivity contribution in [2.75, 3.05) is 0 Å². The predicted molar refractivity (Wildman–Crippen MR) is 91.4 cm³/mol. The third-order valence-corrected chi connectivity index (χ3v) is 4.18. The Kier molecular flexibility index (Phi) is 6.33. The van der Waals surface area contributed by atoms with E-state index in [4.69, 9.17) is 10.3 Å². The second kappa shape index (κ2) is 8.26. The number of carbonyl (C=O) groups excluding carboxylic acids is 1. The van der Waals surface area contributed by atoms with Crippen molar-refractivity contribution in [2.45, 2.75) is 44.3 Å². The normalized spacial score (nSPS) is 15.4. The predicted octanol–water partition coefficient (Wildman–Crippen LogP) is 2.36. The van der Waals surface area contributed by atoms with Crippen molar-refractivity contribution >= 4 is 18.4 Å². The fraction of sp³-hybridized carbons (Fsp3) is 0.438. The van der Waals surface area contributed by atoms with E-state index in [0.717, 1.165) is 31.2 Å². The number of rotatable bonds is 5. The third-order valence-electron chi connectivity index (χ3n) is 4.18. The van der Waals surface area contributed by atoms with Gasteiger partial charge in [0.2, 0.25) is 5.89 Å². The van der Waals surface area contributed by atoms with Gasteiger partial charge in [0.05, 0.1) is 12.1 Å². The van der Waals surface area contributed by atoms with Gasteiger partial charge in [-0.3, -0.25) is 0 Å². The highest BCUT2D eigenvalue weighted by atomic mass is 35.5. The second-order valence-corrected chi connectivity index (χ2v) is 6.04. The van der Waals surface area contributed by atoms with Gasteiger partial charge in [0.25, 0.3) is 0 Å². The Morgan fingerprint density at radius 2 is 1.84 bits per heavy atom. The molecule has 1 saturated carbocycles. The lowest BCUT2D eigenvalue weighted by Crippen LogP contribution is -2.35. The van der Waals surface area contributed by atoms with Crippen LogP contribution in [0.4, 0.5) is 9.18 Å². The van der Waals surface area contributed by atoms with Crippen LogP contribution in [-0.2, 0) is 18.6 Å². The smallest absolute Gasteiger partial charge is 0.315 e. The van der Waals surface area contributed by atoms with Gasteiger partial charge in [0.15, 0.2) is 5.82 Å². The topological polar surface area (TPSA) is 106 Å². The monoisotopic (exact) mass is 369 g/mol. The summed E-state index contributed by atoms with van der Waals surface area (Å²) < 4.78 is 17.9. The molecule has 0 unspecified atom stereocenters. The summed E-state index contributed by atoms with van der Waals surface area (Å²) in [5.41, 5.74) is 6.56. The lowest BCUT2D eigenvalue weighted by atomic mass is 9.99.